The van der Waals surface area contributed by atoms with Gasteiger partial charge in [-0.05, 0) is 13.8 Å². The molecule has 1 rings (SSSR count). The van der Waals surface area contributed by atoms with E-state index in [-0.39, 0.29) is 6.61 Å². The highest BCUT2D eigenvalue weighted by molar-refractivity contribution is 5.92. The molecule has 1 heterocycles. The Labute approximate surface area is 108 Å². The molecule has 0 radical (unpaired) electrons. The van der Waals surface area contributed by atoms with Crippen molar-refractivity contribution in [1.29, 1.82) is 0 Å². The number of hydrogen-bond donors (Lipinski definition) is 0. The lowest BCUT2D eigenvalue weighted by atomic mass is 10.1. The van der Waals surface area contributed by atoms with E-state index in [1.54, 1.807) is 0 Å². The molecule has 0 fully saturated rings. The quantitative estimate of drug-likeness (QED) is 0.622. The molecule has 0 aromatic carbocycles. The van der Waals surface area contributed by atoms with E-state index in [9.17, 15) is 31.1 Å². The second-order valence-corrected chi connectivity index (χ2v) is 3.57. The third kappa shape index (κ3) is 3.36. The van der Waals surface area contributed by atoms with Crippen LogP contribution in [0.4, 0.5) is 26.3 Å². The van der Waals surface area contributed by atoms with Gasteiger partial charge in [-0.1, -0.05) is 0 Å². The van der Waals surface area contributed by atoms with Crippen LogP contribution in [0.15, 0.2) is 0 Å². The lowest BCUT2D eigenvalue weighted by Crippen LogP contribution is -2.24. The van der Waals surface area contributed by atoms with Gasteiger partial charge in [0.25, 0.3) is 0 Å². The zero-order chi connectivity index (χ0) is 15.7. The zero-order valence-electron chi connectivity index (χ0n) is 10.2. The second-order valence-electron chi connectivity index (χ2n) is 3.57. The number of carbonyl (C=O) groups excluding carboxylic acids is 1. The number of aromatic nitrogens is 2. The largest absolute Gasteiger partial charge is 0.462 e. The number of halogens is 6. The predicted molar refractivity (Wildman–Crippen MR) is 52.7 cm³/mol. The van der Waals surface area contributed by atoms with Gasteiger partial charge < -0.3 is 4.74 Å². The van der Waals surface area contributed by atoms with Crippen LogP contribution in [0, 0.1) is 6.92 Å². The molecule has 0 unspecified atom stereocenters. The van der Waals surface area contributed by atoms with Gasteiger partial charge in [-0.3, -0.25) is 0 Å². The summed E-state index contributed by atoms with van der Waals surface area (Å²) in [6.07, 6.45) is -10.4. The van der Waals surface area contributed by atoms with Crippen LogP contribution in [0.5, 0.6) is 0 Å². The van der Waals surface area contributed by atoms with Gasteiger partial charge in [0.15, 0.2) is 5.69 Å². The SMILES string of the molecule is CCOC(=O)c1c(C)nc(C(F)(F)F)nc1C(F)(F)F. The van der Waals surface area contributed by atoms with E-state index in [4.69, 9.17) is 0 Å². The molecule has 1 aromatic rings. The van der Waals surface area contributed by atoms with Crippen LogP contribution in [-0.2, 0) is 17.1 Å². The summed E-state index contributed by atoms with van der Waals surface area (Å²) in [5.41, 5.74) is -3.83. The molecular formula is C10H8F6N2O2. The van der Waals surface area contributed by atoms with E-state index >= 15 is 0 Å². The maximum atomic E-state index is 12.7. The standard InChI is InChI=1S/C10H8F6N2O2/c1-3-20-7(19)5-4(2)17-8(10(14,15)16)18-6(5)9(11,12)13/h3H2,1-2H3. The fraction of sp³-hybridized carbons (Fsp3) is 0.500. The van der Waals surface area contributed by atoms with Crippen molar-refractivity contribution in [1.82, 2.24) is 9.97 Å². The fourth-order valence-electron chi connectivity index (χ4n) is 1.35. The minimum Gasteiger partial charge on any atom is -0.462 e. The number of alkyl halides is 6. The molecule has 0 saturated carbocycles. The van der Waals surface area contributed by atoms with Gasteiger partial charge in [-0.15, -0.1) is 0 Å². The summed E-state index contributed by atoms with van der Waals surface area (Å²) in [6, 6.07) is 0. The van der Waals surface area contributed by atoms with Gasteiger partial charge >= 0.3 is 18.3 Å². The van der Waals surface area contributed by atoms with Gasteiger partial charge in [-0.25, -0.2) is 14.8 Å². The van der Waals surface area contributed by atoms with Crippen molar-refractivity contribution in [3.8, 4) is 0 Å². The monoisotopic (exact) mass is 302 g/mol. The molecule has 0 atom stereocenters. The minimum atomic E-state index is -5.24. The second kappa shape index (κ2) is 5.25. The average molecular weight is 302 g/mol. The third-order valence-corrected chi connectivity index (χ3v) is 2.09. The van der Waals surface area contributed by atoms with E-state index in [0.29, 0.717) is 0 Å². The molecule has 10 heteroatoms. The summed E-state index contributed by atoms with van der Waals surface area (Å²) in [4.78, 5) is 16.7. The zero-order valence-corrected chi connectivity index (χ0v) is 10.2. The Morgan fingerprint density at radius 3 is 2.05 bits per heavy atom. The van der Waals surface area contributed by atoms with Crippen molar-refractivity contribution in [2.24, 2.45) is 0 Å². The first-order chi connectivity index (χ1) is 8.98. The van der Waals surface area contributed by atoms with E-state index in [2.05, 4.69) is 14.7 Å². The van der Waals surface area contributed by atoms with E-state index in [1.165, 1.54) is 6.92 Å². The molecule has 1 aromatic heterocycles. The average Bonchev–Trinajstić information content (AvgIpc) is 2.25. The number of hydrogen-bond acceptors (Lipinski definition) is 4. The van der Waals surface area contributed by atoms with Crippen LogP contribution in [0.3, 0.4) is 0 Å². The van der Waals surface area contributed by atoms with Gasteiger partial charge in [0.05, 0.1) is 12.3 Å². The van der Waals surface area contributed by atoms with Crippen molar-refractivity contribution < 1.29 is 35.9 Å². The maximum absolute atomic E-state index is 12.7. The lowest BCUT2D eigenvalue weighted by molar-refractivity contribution is -0.153. The molecule has 0 spiro atoms. The molecule has 0 aliphatic rings. The van der Waals surface area contributed by atoms with Crippen LogP contribution < -0.4 is 0 Å². The highest BCUT2D eigenvalue weighted by atomic mass is 19.4. The van der Waals surface area contributed by atoms with Gasteiger partial charge in [0.1, 0.15) is 5.56 Å². The van der Waals surface area contributed by atoms with E-state index < -0.39 is 41.1 Å². The Morgan fingerprint density at radius 2 is 1.65 bits per heavy atom. The normalized spacial score (nSPS) is 12.4. The van der Waals surface area contributed by atoms with Crippen molar-refractivity contribution in [2.45, 2.75) is 26.2 Å². The van der Waals surface area contributed by atoms with Gasteiger partial charge in [-0.2, -0.15) is 26.3 Å². The lowest BCUT2D eigenvalue weighted by Gasteiger charge is -2.15. The summed E-state index contributed by atoms with van der Waals surface area (Å²) < 4.78 is 79.8. The van der Waals surface area contributed by atoms with E-state index in [1.807, 2.05) is 0 Å². The van der Waals surface area contributed by atoms with Crippen LogP contribution in [0.2, 0.25) is 0 Å². The van der Waals surface area contributed by atoms with Gasteiger partial charge in [0, 0.05) is 0 Å². The van der Waals surface area contributed by atoms with Crippen molar-refractivity contribution in [3.05, 3.63) is 22.8 Å². The van der Waals surface area contributed by atoms with Crippen molar-refractivity contribution >= 4 is 5.97 Å². The topological polar surface area (TPSA) is 52.1 Å². The predicted octanol–water partition coefficient (Wildman–Crippen LogP) is 3.00. The number of rotatable bonds is 2. The molecular weight excluding hydrogens is 294 g/mol. The minimum absolute atomic E-state index is 0.239. The number of aryl methyl sites for hydroxylation is 1. The molecule has 0 bridgehead atoms. The molecule has 0 aliphatic heterocycles. The number of carbonyl (C=O) groups is 1. The summed E-state index contributed by atoms with van der Waals surface area (Å²) >= 11 is 0. The van der Waals surface area contributed by atoms with Crippen molar-refractivity contribution in [3.63, 3.8) is 0 Å². The smallest absolute Gasteiger partial charge is 0.451 e. The Hall–Kier alpha value is -1.87. The summed E-state index contributed by atoms with van der Waals surface area (Å²) in [7, 11) is 0. The summed E-state index contributed by atoms with van der Waals surface area (Å²) in [5, 5.41) is 0. The molecule has 20 heavy (non-hydrogen) atoms. The van der Waals surface area contributed by atoms with Crippen LogP contribution in [0.1, 0.15) is 34.5 Å². The molecule has 112 valence electrons. The number of ether oxygens (including phenoxy) is 1. The highest BCUT2D eigenvalue weighted by Gasteiger charge is 2.44. The fourth-order valence-corrected chi connectivity index (χ4v) is 1.35. The maximum Gasteiger partial charge on any atom is 0.451 e. The first-order valence-electron chi connectivity index (χ1n) is 5.18. The first kappa shape index (κ1) is 16.2. The molecule has 0 aliphatic carbocycles. The Bertz CT molecular complexity index is 524. The Balaban J connectivity index is 3.56. The van der Waals surface area contributed by atoms with E-state index in [0.717, 1.165) is 6.92 Å². The molecule has 4 nitrogen and oxygen atoms in total. The number of esters is 1. The van der Waals surface area contributed by atoms with Crippen molar-refractivity contribution in [2.75, 3.05) is 6.61 Å². The van der Waals surface area contributed by atoms with Crippen LogP contribution in [0.25, 0.3) is 0 Å². The summed E-state index contributed by atoms with van der Waals surface area (Å²) in [6.45, 7) is 1.94. The Morgan fingerprint density at radius 1 is 1.10 bits per heavy atom. The highest BCUT2D eigenvalue weighted by Crippen LogP contribution is 2.35. The van der Waals surface area contributed by atoms with Crippen LogP contribution >= 0.6 is 0 Å². The summed E-state index contributed by atoms with van der Waals surface area (Å²) in [5.74, 6) is -3.39. The molecule has 0 N–H and O–H groups in total. The third-order valence-electron chi connectivity index (χ3n) is 2.09. The van der Waals surface area contributed by atoms with Gasteiger partial charge in [0.2, 0.25) is 5.82 Å². The molecule has 0 saturated heterocycles. The Kier molecular flexibility index (Phi) is 4.25. The molecule has 0 amide bonds. The number of nitrogens with zero attached hydrogens (tertiary/aromatic N) is 2. The van der Waals surface area contributed by atoms with Crippen LogP contribution in [-0.4, -0.2) is 22.5 Å². The first-order valence-corrected chi connectivity index (χ1v) is 5.18.